The van der Waals surface area contributed by atoms with Gasteiger partial charge in [0.05, 0.1) is 11.9 Å². The zero-order valence-corrected chi connectivity index (χ0v) is 14.4. The van der Waals surface area contributed by atoms with E-state index in [0.717, 1.165) is 49.5 Å². The third kappa shape index (κ3) is 3.46. The summed E-state index contributed by atoms with van der Waals surface area (Å²) in [5.74, 6) is 1.81. The monoisotopic (exact) mass is 325 g/mol. The van der Waals surface area contributed by atoms with Crippen LogP contribution in [0.2, 0.25) is 0 Å². The first-order valence-corrected chi connectivity index (χ1v) is 9.19. The van der Waals surface area contributed by atoms with Crippen LogP contribution in [0.5, 0.6) is 0 Å². The standard InChI is InChI=1S/C19H27N5/c1-24-18(11-13-5-6-13)16(12-21-24)17-3-2-4-19(23-17)22-15-9-7-14(20)8-10-15/h2-4,12-15H,5-11,20H2,1H3,(H,22,23)/t14-,15-. The second kappa shape index (κ2) is 6.55. The molecule has 2 aromatic rings. The van der Waals surface area contributed by atoms with Crippen molar-refractivity contribution in [3.8, 4) is 11.3 Å². The topological polar surface area (TPSA) is 68.8 Å². The second-order valence-electron chi connectivity index (χ2n) is 7.44. The predicted octanol–water partition coefficient (Wildman–Crippen LogP) is 3.12. The molecule has 2 aliphatic rings. The van der Waals surface area contributed by atoms with E-state index in [1.807, 2.05) is 17.9 Å². The molecule has 24 heavy (non-hydrogen) atoms. The highest BCUT2D eigenvalue weighted by Crippen LogP contribution is 2.35. The molecule has 5 heteroatoms. The van der Waals surface area contributed by atoms with Crippen molar-refractivity contribution in [1.29, 1.82) is 0 Å². The van der Waals surface area contributed by atoms with Gasteiger partial charge < -0.3 is 11.1 Å². The molecule has 0 aliphatic heterocycles. The van der Waals surface area contributed by atoms with Crippen LogP contribution < -0.4 is 11.1 Å². The largest absolute Gasteiger partial charge is 0.367 e. The molecule has 2 heterocycles. The van der Waals surface area contributed by atoms with Gasteiger partial charge in [0.25, 0.3) is 0 Å². The summed E-state index contributed by atoms with van der Waals surface area (Å²) in [6, 6.07) is 7.12. The van der Waals surface area contributed by atoms with Gasteiger partial charge in [-0.05, 0) is 63.0 Å². The Bertz CT molecular complexity index is 696. The van der Waals surface area contributed by atoms with E-state index in [4.69, 9.17) is 10.7 Å². The number of nitrogens with one attached hydrogen (secondary N) is 1. The number of aryl methyl sites for hydroxylation is 1. The number of rotatable bonds is 5. The van der Waals surface area contributed by atoms with Crippen molar-refractivity contribution in [2.24, 2.45) is 18.7 Å². The molecule has 4 rings (SSSR count). The van der Waals surface area contributed by atoms with Crippen LogP contribution in [-0.2, 0) is 13.5 Å². The van der Waals surface area contributed by atoms with Gasteiger partial charge in [-0.2, -0.15) is 5.10 Å². The van der Waals surface area contributed by atoms with Crippen molar-refractivity contribution in [3.05, 3.63) is 30.1 Å². The number of aromatic nitrogens is 3. The SMILES string of the molecule is Cn1ncc(-c2cccc(N[C@H]3CC[C@H](N)CC3)n2)c1CC1CC1. The first-order valence-electron chi connectivity index (χ1n) is 9.19. The van der Waals surface area contributed by atoms with Crippen molar-refractivity contribution >= 4 is 5.82 Å². The molecule has 2 aliphatic carbocycles. The fraction of sp³-hybridized carbons (Fsp3) is 0.579. The van der Waals surface area contributed by atoms with Crippen molar-refractivity contribution in [2.45, 2.75) is 57.0 Å². The molecular formula is C19H27N5. The van der Waals surface area contributed by atoms with Gasteiger partial charge in [0, 0.05) is 30.4 Å². The summed E-state index contributed by atoms with van der Waals surface area (Å²) >= 11 is 0. The number of nitrogens with two attached hydrogens (primary N) is 1. The summed E-state index contributed by atoms with van der Waals surface area (Å²) in [6.07, 6.45) is 10.2. The Morgan fingerprint density at radius 1 is 1.17 bits per heavy atom. The molecule has 5 nitrogen and oxygen atoms in total. The Labute approximate surface area is 143 Å². The van der Waals surface area contributed by atoms with Crippen molar-refractivity contribution in [1.82, 2.24) is 14.8 Å². The molecule has 2 saturated carbocycles. The lowest BCUT2D eigenvalue weighted by molar-refractivity contribution is 0.410. The normalized spacial score (nSPS) is 24.1. The Morgan fingerprint density at radius 2 is 1.96 bits per heavy atom. The molecule has 0 bridgehead atoms. The maximum Gasteiger partial charge on any atom is 0.126 e. The fourth-order valence-corrected chi connectivity index (χ4v) is 3.65. The number of nitrogens with zero attached hydrogens (tertiary/aromatic N) is 3. The highest BCUT2D eigenvalue weighted by atomic mass is 15.3. The Hall–Kier alpha value is -1.88. The summed E-state index contributed by atoms with van der Waals surface area (Å²) in [4.78, 5) is 4.86. The highest BCUT2D eigenvalue weighted by Gasteiger charge is 2.25. The Balaban J connectivity index is 1.52. The molecule has 0 spiro atoms. The summed E-state index contributed by atoms with van der Waals surface area (Å²) in [5.41, 5.74) is 9.52. The van der Waals surface area contributed by atoms with E-state index >= 15 is 0 Å². The molecular weight excluding hydrogens is 298 g/mol. The van der Waals surface area contributed by atoms with E-state index in [0.29, 0.717) is 12.1 Å². The van der Waals surface area contributed by atoms with E-state index in [9.17, 15) is 0 Å². The average molecular weight is 325 g/mol. The average Bonchev–Trinajstić information content (AvgIpc) is 3.33. The van der Waals surface area contributed by atoms with Crippen LogP contribution in [0.1, 0.15) is 44.2 Å². The molecule has 0 aromatic carbocycles. The molecule has 2 aromatic heterocycles. The summed E-state index contributed by atoms with van der Waals surface area (Å²) in [7, 11) is 2.04. The number of hydrogen-bond acceptors (Lipinski definition) is 4. The third-order valence-corrected chi connectivity index (χ3v) is 5.39. The lowest BCUT2D eigenvalue weighted by Gasteiger charge is -2.27. The quantitative estimate of drug-likeness (QED) is 0.886. The van der Waals surface area contributed by atoms with Gasteiger partial charge in [-0.15, -0.1) is 0 Å². The summed E-state index contributed by atoms with van der Waals surface area (Å²) < 4.78 is 2.01. The maximum absolute atomic E-state index is 6.00. The van der Waals surface area contributed by atoms with Gasteiger partial charge in [-0.1, -0.05) is 6.07 Å². The van der Waals surface area contributed by atoms with E-state index in [1.165, 1.54) is 24.1 Å². The summed E-state index contributed by atoms with van der Waals surface area (Å²) in [6.45, 7) is 0. The minimum atomic E-state index is 0.378. The number of hydrogen-bond donors (Lipinski definition) is 2. The lowest BCUT2D eigenvalue weighted by Crippen LogP contribution is -2.33. The Morgan fingerprint density at radius 3 is 2.71 bits per heavy atom. The van der Waals surface area contributed by atoms with Gasteiger partial charge >= 0.3 is 0 Å². The van der Waals surface area contributed by atoms with Gasteiger partial charge in [0.15, 0.2) is 0 Å². The molecule has 3 N–H and O–H groups in total. The van der Waals surface area contributed by atoms with Gasteiger partial charge in [0.1, 0.15) is 5.82 Å². The minimum absolute atomic E-state index is 0.378. The van der Waals surface area contributed by atoms with Crippen LogP contribution >= 0.6 is 0 Å². The zero-order chi connectivity index (χ0) is 16.5. The third-order valence-electron chi connectivity index (χ3n) is 5.39. The maximum atomic E-state index is 6.00. The van der Waals surface area contributed by atoms with Crippen LogP contribution in [0, 0.1) is 5.92 Å². The first-order chi connectivity index (χ1) is 11.7. The smallest absolute Gasteiger partial charge is 0.126 e. The first kappa shape index (κ1) is 15.6. The van der Waals surface area contributed by atoms with Gasteiger partial charge in [-0.25, -0.2) is 4.98 Å². The molecule has 0 amide bonds. The molecule has 128 valence electrons. The molecule has 0 radical (unpaired) electrons. The van der Waals surface area contributed by atoms with Crippen molar-refractivity contribution in [2.75, 3.05) is 5.32 Å². The Kier molecular flexibility index (Phi) is 4.27. The van der Waals surface area contributed by atoms with Crippen LogP contribution in [0.25, 0.3) is 11.3 Å². The van der Waals surface area contributed by atoms with Crippen LogP contribution in [0.3, 0.4) is 0 Å². The van der Waals surface area contributed by atoms with E-state index < -0.39 is 0 Å². The summed E-state index contributed by atoms with van der Waals surface area (Å²) in [5, 5.41) is 8.07. The second-order valence-corrected chi connectivity index (χ2v) is 7.44. The van der Waals surface area contributed by atoms with Crippen molar-refractivity contribution in [3.63, 3.8) is 0 Å². The number of pyridine rings is 1. The molecule has 0 unspecified atom stereocenters. The van der Waals surface area contributed by atoms with E-state index in [-0.39, 0.29) is 0 Å². The van der Waals surface area contributed by atoms with Crippen LogP contribution in [0.15, 0.2) is 24.4 Å². The number of anilines is 1. The van der Waals surface area contributed by atoms with Gasteiger partial charge in [0.2, 0.25) is 0 Å². The van der Waals surface area contributed by atoms with Crippen LogP contribution in [0.4, 0.5) is 5.82 Å². The van der Waals surface area contributed by atoms with Crippen LogP contribution in [-0.4, -0.2) is 26.8 Å². The van der Waals surface area contributed by atoms with Crippen molar-refractivity contribution < 1.29 is 0 Å². The zero-order valence-electron chi connectivity index (χ0n) is 14.4. The molecule has 0 saturated heterocycles. The van der Waals surface area contributed by atoms with E-state index in [2.05, 4.69) is 28.6 Å². The van der Waals surface area contributed by atoms with E-state index in [1.54, 1.807) is 0 Å². The lowest BCUT2D eigenvalue weighted by atomic mass is 9.92. The highest BCUT2D eigenvalue weighted by molar-refractivity contribution is 5.63. The molecule has 2 fully saturated rings. The van der Waals surface area contributed by atoms with Gasteiger partial charge in [-0.3, -0.25) is 4.68 Å². The fourth-order valence-electron chi connectivity index (χ4n) is 3.65. The molecule has 0 atom stereocenters. The minimum Gasteiger partial charge on any atom is -0.367 e. The predicted molar refractivity (Wildman–Crippen MR) is 96.7 cm³/mol.